The van der Waals surface area contributed by atoms with E-state index < -0.39 is 0 Å². The number of methoxy groups -OCH3 is 1. The van der Waals surface area contributed by atoms with E-state index >= 15 is 0 Å². The first-order valence-electron chi connectivity index (χ1n) is 8.98. The third-order valence-electron chi connectivity index (χ3n) is 4.56. The summed E-state index contributed by atoms with van der Waals surface area (Å²) in [5.74, 6) is 0.449. The highest BCUT2D eigenvalue weighted by atomic mass is 16.5. The normalized spacial score (nSPS) is 10.6. The van der Waals surface area contributed by atoms with Gasteiger partial charge in [0.2, 0.25) is 0 Å². The molecule has 4 aromatic rings. The molecule has 138 valence electrons. The van der Waals surface area contributed by atoms with Crippen molar-refractivity contribution in [1.29, 1.82) is 0 Å². The average molecular weight is 369 g/mol. The Morgan fingerprint density at radius 1 is 0.893 bits per heavy atom. The molecule has 28 heavy (non-hydrogen) atoms. The van der Waals surface area contributed by atoms with Crippen LogP contribution in [0.4, 0.5) is 0 Å². The van der Waals surface area contributed by atoms with Gasteiger partial charge in [0, 0.05) is 23.2 Å². The molecule has 0 saturated heterocycles. The van der Waals surface area contributed by atoms with Crippen LogP contribution in [0, 0.1) is 0 Å². The molecule has 0 fully saturated rings. The molecule has 4 nitrogen and oxygen atoms in total. The molecular weight excluding hydrogens is 350 g/mol. The van der Waals surface area contributed by atoms with Crippen LogP contribution in [0.3, 0.4) is 0 Å². The van der Waals surface area contributed by atoms with Crippen molar-refractivity contribution in [3.63, 3.8) is 0 Å². The topological polar surface area (TPSA) is 48.4 Å². The van der Waals surface area contributed by atoms with Crippen LogP contribution in [0.5, 0.6) is 5.75 Å². The maximum atomic E-state index is 12.3. The number of carbonyl (C=O) groups is 1. The molecule has 3 aromatic carbocycles. The fourth-order valence-electron chi connectivity index (χ4n) is 2.99. The summed E-state index contributed by atoms with van der Waals surface area (Å²) in [4.78, 5) is 16.8. The molecule has 0 spiro atoms. The van der Waals surface area contributed by atoms with Crippen molar-refractivity contribution in [2.75, 3.05) is 7.11 Å². The van der Waals surface area contributed by atoms with Gasteiger partial charge in [-0.3, -0.25) is 4.98 Å². The quantitative estimate of drug-likeness (QED) is 0.450. The van der Waals surface area contributed by atoms with E-state index in [0.717, 1.165) is 33.3 Å². The zero-order chi connectivity index (χ0) is 19.3. The molecule has 4 heteroatoms. The Balaban J connectivity index is 1.49. The Labute approximate surface area is 163 Å². The molecule has 0 bridgehead atoms. The van der Waals surface area contributed by atoms with Crippen molar-refractivity contribution in [3.05, 3.63) is 96.2 Å². The summed E-state index contributed by atoms with van der Waals surface area (Å²) in [5.41, 5.74) is 4.35. The largest absolute Gasteiger partial charge is 0.497 e. The second-order valence-corrected chi connectivity index (χ2v) is 6.42. The number of hydrogen-bond acceptors (Lipinski definition) is 4. The minimum Gasteiger partial charge on any atom is -0.497 e. The SMILES string of the molecule is COc1ccc2cc(-c3ccc(C(=O)OCc4ccccc4)cc3)cnc2c1. The number of hydrogen-bond donors (Lipinski definition) is 0. The molecule has 0 saturated carbocycles. The number of fused-ring (bicyclic) bond motifs is 1. The molecule has 0 amide bonds. The molecule has 0 atom stereocenters. The highest BCUT2D eigenvalue weighted by molar-refractivity contribution is 5.90. The molecular formula is C24H19NO3. The molecule has 0 aliphatic rings. The summed E-state index contributed by atoms with van der Waals surface area (Å²) in [6.07, 6.45) is 1.82. The van der Waals surface area contributed by atoms with E-state index in [9.17, 15) is 4.79 Å². The van der Waals surface area contributed by atoms with Crippen molar-refractivity contribution in [2.45, 2.75) is 6.61 Å². The first-order chi connectivity index (χ1) is 13.7. The number of pyridine rings is 1. The summed E-state index contributed by atoms with van der Waals surface area (Å²) >= 11 is 0. The smallest absolute Gasteiger partial charge is 0.338 e. The lowest BCUT2D eigenvalue weighted by Crippen LogP contribution is -2.05. The van der Waals surface area contributed by atoms with E-state index in [1.165, 1.54) is 0 Å². The van der Waals surface area contributed by atoms with Gasteiger partial charge in [-0.05, 0) is 41.5 Å². The van der Waals surface area contributed by atoms with Gasteiger partial charge in [-0.1, -0.05) is 42.5 Å². The summed E-state index contributed by atoms with van der Waals surface area (Å²) < 4.78 is 10.6. The number of carbonyl (C=O) groups excluding carboxylic acids is 1. The van der Waals surface area contributed by atoms with Crippen LogP contribution in [0.15, 0.2) is 85.1 Å². The Morgan fingerprint density at radius 3 is 2.43 bits per heavy atom. The van der Waals surface area contributed by atoms with Gasteiger partial charge < -0.3 is 9.47 Å². The third kappa shape index (κ3) is 3.86. The highest BCUT2D eigenvalue weighted by Crippen LogP contribution is 2.25. The predicted molar refractivity (Wildman–Crippen MR) is 109 cm³/mol. The third-order valence-corrected chi connectivity index (χ3v) is 4.56. The zero-order valence-electron chi connectivity index (χ0n) is 15.5. The summed E-state index contributed by atoms with van der Waals surface area (Å²) in [5, 5.41) is 1.03. The van der Waals surface area contributed by atoms with Crippen molar-refractivity contribution in [3.8, 4) is 16.9 Å². The van der Waals surface area contributed by atoms with E-state index in [1.54, 1.807) is 19.2 Å². The average Bonchev–Trinajstić information content (AvgIpc) is 2.77. The van der Waals surface area contributed by atoms with Crippen LogP contribution < -0.4 is 4.74 Å². The number of nitrogens with zero attached hydrogens (tertiary/aromatic N) is 1. The van der Waals surface area contributed by atoms with E-state index in [2.05, 4.69) is 11.1 Å². The lowest BCUT2D eigenvalue weighted by atomic mass is 10.0. The minimum atomic E-state index is -0.334. The van der Waals surface area contributed by atoms with Crippen LogP contribution >= 0.6 is 0 Å². The number of esters is 1. The molecule has 1 aromatic heterocycles. The first-order valence-corrected chi connectivity index (χ1v) is 8.98. The summed E-state index contributed by atoms with van der Waals surface area (Å²) in [6, 6.07) is 24.9. The number of ether oxygens (including phenoxy) is 2. The van der Waals surface area contributed by atoms with Gasteiger partial charge >= 0.3 is 5.97 Å². The molecule has 0 radical (unpaired) electrons. The Kier molecular flexibility index (Phi) is 5.02. The Hall–Kier alpha value is -3.66. The second kappa shape index (κ2) is 7.92. The van der Waals surface area contributed by atoms with Crippen LogP contribution in [0.1, 0.15) is 15.9 Å². The lowest BCUT2D eigenvalue weighted by molar-refractivity contribution is 0.0473. The maximum Gasteiger partial charge on any atom is 0.338 e. The molecule has 0 unspecified atom stereocenters. The van der Waals surface area contributed by atoms with E-state index in [-0.39, 0.29) is 12.6 Å². The first kappa shape index (κ1) is 17.7. The van der Waals surface area contributed by atoms with Crippen LogP contribution in [0.2, 0.25) is 0 Å². The monoisotopic (exact) mass is 369 g/mol. The molecule has 0 aliphatic carbocycles. The van der Waals surface area contributed by atoms with Gasteiger partial charge in [0.25, 0.3) is 0 Å². The van der Waals surface area contributed by atoms with Gasteiger partial charge in [-0.2, -0.15) is 0 Å². The Morgan fingerprint density at radius 2 is 1.68 bits per heavy atom. The number of benzene rings is 3. The molecule has 0 N–H and O–H groups in total. The highest BCUT2D eigenvalue weighted by Gasteiger charge is 2.09. The minimum absolute atomic E-state index is 0.263. The standard InChI is InChI=1S/C24H19NO3/c1-27-22-12-11-20-13-21(15-25-23(20)14-22)18-7-9-19(10-8-18)24(26)28-16-17-5-3-2-4-6-17/h2-15H,16H2,1H3. The van der Waals surface area contributed by atoms with Gasteiger partial charge in [-0.15, -0.1) is 0 Å². The van der Waals surface area contributed by atoms with Gasteiger partial charge in [0.1, 0.15) is 12.4 Å². The van der Waals surface area contributed by atoms with Crippen molar-refractivity contribution < 1.29 is 14.3 Å². The maximum absolute atomic E-state index is 12.3. The second-order valence-electron chi connectivity index (χ2n) is 6.42. The van der Waals surface area contributed by atoms with Crippen LogP contribution in [-0.4, -0.2) is 18.1 Å². The summed E-state index contributed by atoms with van der Waals surface area (Å²) in [7, 11) is 1.64. The van der Waals surface area contributed by atoms with Gasteiger partial charge in [0.15, 0.2) is 0 Å². The van der Waals surface area contributed by atoms with E-state index in [0.29, 0.717) is 5.56 Å². The zero-order valence-corrected chi connectivity index (χ0v) is 15.5. The molecule has 4 rings (SSSR count). The number of aromatic nitrogens is 1. The lowest BCUT2D eigenvalue weighted by Gasteiger charge is -2.07. The fraction of sp³-hybridized carbons (Fsp3) is 0.0833. The van der Waals surface area contributed by atoms with Crippen molar-refractivity contribution >= 4 is 16.9 Å². The Bertz CT molecular complexity index is 1110. The van der Waals surface area contributed by atoms with Crippen LogP contribution in [-0.2, 0) is 11.3 Å². The summed E-state index contributed by atoms with van der Waals surface area (Å²) in [6.45, 7) is 0.263. The van der Waals surface area contributed by atoms with Crippen molar-refractivity contribution in [1.82, 2.24) is 4.98 Å². The van der Waals surface area contributed by atoms with Gasteiger partial charge in [-0.25, -0.2) is 4.79 Å². The predicted octanol–water partition coefficient (Wildman–Crippen LogP) is 5.27. The van der Waals surface area contributed by atoms with E-state index in [4.69, 9.17) is 9.47 Å². The van der Waals surface area contributed by atoms with Gasteiger partial charge in [0.05, 0.1) is 18.2 Å². The number of rotatable bonds is 5. The fourth-order valence-corrected chi connectivity index (χ4v) is 2.99. The molecule has 1 heterocycles. The van der Waals surface area contributed by atoms with Crippen LogP contribution in [0.25, 0.3) is 22.0 Å². The van der Waals surface area contributed by atoms with E-state index in [1.807, 2.05) is 66.9 Å². The molecule has 0 aliphatic heterocycles. The van der Waals surface area contributed by atoms with Crippen molar-refractivity contribution in [2.24, 2.45) is 0 Å².